The van der Waals surface area contributed by atoms with Crippen molar-refractivity contribution in [1.29, 1.82) is 0 Å². The van der Waals surface area contributed by atoms with Gasteiger partial charge in [-0.3, -0.25) is 9.69 Å². The summed E-state index contributed by atoms with van der Waals surface area (Å²) in [7, 11) is 1.51. The predicted octanol–water partition coefficient (Wildman–Crippen LogP) is 7.77. The highest BCUT2D eigenvalue weighted by Gasteiger charge is 2.38. The van der Waals surface area contributed by atoms with Gasteiger partial charge in [0.2, 0.25) is 0 Å². The molecule has 2 unspecified atom stereocenters. The van der Waals surface area contributed by atoms with Gasteiger partial charge in [-0.05, 0) is 103 Å². The van der Waals surface area contributed by atoms with Gasteiger partial charge >= 0.3 is 5.97 Å². The van der Waals surface area contributed by atoms with Crippen LogP contribution in [0.15, 0.2) is 36.4 Å². The van der Waals surface area contributed by atoms with Crippen LogP contribution in [0.5, 0.6) is 5.75 Å². The molecule has 2 aromatic carbocycles. The Balaban J connectivity index is 1.12. The molecule has 1 spiro atoms. The Bertz CT molecular complexity index is 1040. The number of carbonyl (C=O) groups is 1. The number of rotatable bonds is 10. The molecule has 0 aromatic heterocycles. The molecule has 3 fully saturated rings. The Morgan fingerprint density at radius 1 is 0.973 bits per heavy atom. The Hall–Kier alpha value is -2.07. The third-order valence-electron chi connectivity index (χ3n) is 10.0. The number of esters is 1. The quantitative estimate of drug-likeness (QED) is 0.309. The molecule has 2 atom stereocenters. The molecule has 5 rings (SSSR count). The number of fused-ring (bicyclic) bond motifs is 1. The zero-order valence-corrected chi connectivity index (χ0v) is 23.3. The number of likely N-dealkylation sites (tertiary alicyclic amines) is 1. The van der Waals surface area contributed by atoms with E-state index in [2.05, 4.69) is 55.1 Å². The molecule has 0 bridgehead atoms. The number of hydrogen-bond acceptors (Lipinski definition) is 4. The molecule has 0 amide bonds. The van der Waals surface area contributed by atoms with Crippen molar-refractivity contribution < 1.29 is 14.3 Å². The average molecular weight is 506 g/mol. The van der Waals surface area contributed by atoms with Crippen molar-refractivity contribution >= 4 is 16.7 Å². The molecule has 4 nitrogen and oxygen atoms in total. The van der Waals surface area contributed by atoms with Gasteiger partial charge in [0.25, 0.3) is 0 Å². The monoisotopic (exact) mass is 505 g/mol. The van der Waals surface area contributed by atoms with E-state index in [0.29, 0.717) is 23.4 Å². The minimum absolute atomic E-state index is 0.0420. The second-order valence-corrected chi connectivity index (χ2v) is 12.4. The van der Waals surface area contributed by atoms with Gasteiger partial charge in [-0.1, -0.05) is 51.3 Å². The van der Waals surface area contributed by atoms with Crippen molar-refractivity contribution in [3.63, 3.8) is 0 Å². The standard InChI is InChI=1S/C33H47NO3/c1-4-25(19-26(5-2)32(35)36-3)29-22-34(23-29)21-24-8-9-28-20-31(11-10-27(28)18-24)37-30-12-16-33(17-13-30)14-6-7-15-33/h8-11,18,20,25-26,29-30H,4-7,12-17,19,21-23H2,1-3H3. The van der Waals surface area contributed by atoms with Gasteiger partial charge in [-0.25, -0.2) is 0 Å². The van der Waals surface area contributed by atoms with Crippen molar-refractivity contribution in [1.82, 2.24) is 4.90 Å². The highest BCUT2D eigenvalue weighted by molar-refractivity contribution is 5.84. The van der Waals surface area contributed by atoms with Crippen molar-refractivity contribution in [2.45, 2.75) is 97.1 Å². The van der Waals surface area contributed by atoms with Gasteiger partial charge in [-0.15, -0.1) is 0 Å². The van der Waals surface area contributed by atoms with Gasteiger partial charge < -0.3 is 9.47 Å². The fraction of sp³-hybridized carbons (Fsp3) is 0.667. The molecular weight excluding hydrogens is 458 g/mol. The maximum absolute atomic E-state index is 12.1. The second kappa shape index (κ2) is 11.8. The lowest BCUT2D eigenvalue weighted by atomic mass is 9.72. The van der Waals surface area contributed by atoms with Gasteiger partial charge in [-0.2, -0.15) is 0 Å². The molecule has 37 heavy (non-hydrogen) atoms. The van der Waals surface area contributed by atoms with Crippen LogP contribution in [0.2, 0.25) is 0 Å². The van der Waals surface area contributed by atoms with Crippen molar-refractivity contribution in [2.75, 3.05) is 20.2 Å². The molecule has 1 saturated heterocycles. The van der Waals surface area contributed by atoms with Crippen LogP contribution in [-0.2, 0) is 16.1 Å². The topological polar surface area (TPSA) is 38.8 Å². The summed E-state index contributed by atoms with van der Waals surface area (Å²) < 4.78 is 11.5. The Kier molecular flexibility index (Phi) is 8.43. The molecule has 3 aliphatic rings. The fourth-order valence-corrected chi connectivity index (χ4v) is 7.53. The molecule has 0 radical (unpaired) electrons. The highest BCUT2D eigenvalue weighted by Crippen LogP contribution is 2.49. The summed E-state index contributed by atoms with van der Waals surface area (Å²) >= 11 is 0. The summed E-state index contributed by atoms with van der Waals surface area (Å²) in [6, 6.07) is 13.5. The first-order valence-corrected chi connectivity index (χ1v) is 15.0. The van der Waals surface area contributed by atoms with Gasteiger partial charge in [0, 0.05) is 19.6 Å². The number of nitrogens with zero attached hydrogens (tertiary/aromatic N) is 1. The lowest BCUT2D eigenvalue weighted by Gasteiger charge is -2.44. The lowest BCUT2D eigenvalue weighted by Crippen LogP contribution is -2.49. The van der Waals surface area contributed by atoms with Crippen molar-refractivity contribution in [2.24, 2.45) is 23.2 Å². The van der Waals surface area contributed by atoms with Crippen LogP contribution in [-0.4, -0.2) is 37.2 Å². The maximum atomic E-state index is 12.1. The van der Waals surface area contributed by atoms with Crippen LogP contribution < -0.4 is 4.74 Å². The molecule has 1 aliphatic heterocycles. The van der Waals surface area contributed by atoms with E-state index >= 15 is 0 Å². The molecular formula is C33H47NO3. The summed E-state index contributed by atoms with van der Waals surface area (Å²) in [5.74, 6) is 2.31. The summed E-state index contributed by atoms with van der Waals surface area (Å²) in [4.78, 5) is 14.6. The molecule has 202 valence electrons. The number of methoxy groups -OCH3 is 1. The van der Waals surface area contributed by atoms with Crippen LogP contribution in [0, 0.1) is 23.2 Å². The van der Waals surface area contributed by atoms with E-state index in [9.17, 15) is 4.79 Å². The van der Waals surface area contributed by atoms with Gasteiger partial charge in [0.15, 0.2) is 0 Å². The smallest absolute Gasteiger partial charge is 0.308 e. The molecule has 4 heteroatoms. The van der Waals surface area contributed by atoms with E-state index in [1.165, 1.54) is 74.8 Å². The molecule has 2 saturated carbocycles. The van der Waals surface area contributed by atoms with Crippen molar-refractivity contribution in [3.05, 3.63) is 42.0 Å². The molecule has 0 N–H and O–H groups in total. The normalized spacial score (nSPS) is 22.1. The zero-order chi connectivity index (χ0) is 25.8. The predicted molar refractivity (Wildman–Crippen MR) is 151 cm³/mol. The summed E-state index contributed by atoms with van der Waals surface area (Å²) in [5.41, 5.74) is 2.04. The van der Waals surface area contributed by atoms with E-state index in [-0.39, 0.29) is 11.9 Å². The molecule has 1 heterocycles. The van der Waals surface area contributed by atoms with Crippen LogP contribution in [0.25, 0.3) is 10.8 Å². The third-order valence-corrected chi connectivity index (χ3v) is 10.0. The van der Waals surface area contributed by atoms with Crippen LogP contribution >= 0.6 is 0 Å². The number of ether oxygens (including phenoxy) is 2. The zero-order valence-electron chi connectivity index (χ0n) is 23.3. The number of carbonyl (C=O) groups excluding carboxylic acids is 1. The average Bonchev–Trinajstić information content (AvgIpc) is 3.36. The van der Waals surface area contributed by atoms with Crippen LogP contribution in [0.4, 0.5) is 0 Å². The highest BCUT2D eigenvalue weighted by atomic mass is 16.5. The SMILES string of the molecule is CCC(CC(CC)C1CN(Cc2ccc3cc(OC4CCC5(CCCC5)CC4)ccc3c2)C1)C(=O)OC. The first-order chi connectivity index (χ1) is 18.0. The Morgan fingerprint density at radius 2 is 1.68 bits per heavy atom. The van der Waals surface area contributed by atoms with Crippen molar-refractivity contribution in [3.8, 4) is 5.75 Å². The maximum Gasteiger partial charge on any atom is 0.308 e. The van der Waals surface area contributed by atoms with Crippen LogP contribution in [0.3, 0.4) is 0 Å². The minimum Gasteiger partial charge on any atom is -0.490 e. The van der Waals surface area contributed by atoms with E-state index in [1.807, 2.05) is 0 Å². The second-order valence-electron chi connectivity index (χ2n) is 12.4. The van der Waals surface area contributed by atoms with E-state index in [4.69, 9.17) is 9.47 Å². The van der Waals surface area contributed by atoms with Gasteiger partial charge in [0.1, 0.15) is 5.75 Å². The van der Waals surface area contributed by atoms with Crippen LogP contribution in [0.1, 0.15) is 90.0 Å². The number of benzene rings is 2. The molecule has 2 aromatic rings. The Morgan fingerprint density at radius 3 is 2.35 bits per heavy atom. The van der Waals surface area contributed by atoms with E-state index in [1.54, 1.807) is 0 Å². The Labute approximate surface area is 224 Å². The fourth-order valence-electron chi connectivity index (χ4n) is 7.53. The third kappa shape index (κ3) is 6.16. The summed E-state index contributed by atoms with van der Waals surface area (Å²) in [6.07, 6.45) is 14.3. The minimum atomic E-state index is -0.0435. The summed E-state index contributed by atoms with van der Waals surface area (Å²) in [6.45, 7) is 7.61. The van der Waals surface area contributed by atoms with E-state index < -0.39 is 0 Å². The lowest BCUT2D eigenvalue weighted by molar-refractivity contribution is -0.146. The number of hydrogen-bond donors (Lipinski definition) is 0. The van der Waals surface area contributed by atoms with E-state index in [0.717, 1.165) is 44.6 Å². The first kappa shape index (κ1) is 26.5. The summed E-state index contributed by atoms with van der Waals surface area (Å²) in [5, 5.41) is 2.57. The first-order valence-electron chi connectivity index (χ1n) is 15.0. The van der Waals surface area contributed by atoms with Gasteiger partial charge in [0.05, 0.1) is 19.1 Å². The molecule has 2 aliphatic carbocycles. The largest absolute Gasteiger partial charge is 0.490 e.